The lowest BCUT2D eigenvalue weighted by Crippen LogP contribution is -2.09. The number of H-pyrrole nitrogens is 1. The molecule has 1 aliphatic rings. The van der Waals surface area contributed by atoms with Crippen molar-refractivity contribution in [3.63, 3.8) is 0 Å². The molecular formula is C13H10F3NO. The van der Waals surface area contributed by atoms with Crippen molar-refractivity contribution in [2.75, 3.05) is 0 Å². The molecule has 2 nitrogen and oxygen atoms in total. The van der Waals surface area contributed by atoms with E-state index in [0.717, 1.165) is 11.6 Å². The molecule has 1 heterocycles. The van der Waals surface area contributed by atoms with Crippen molar-refractivity contribution in [3.05, 3.63) is 35.0 Å². The van der Waals surface area contributed by atoms with Crippen LogP contribution in [0, 0.1) is 0 Å². The Kier molecular flexibility index (Phi) is 2.27. The fraction of sp³-hybridized carbons (Fsp3) is 0.308. The van der Waals surface area contributed by atoms with Gasteiger partial charge in [0.05, 0.1) is 16.8 Å². The molecule has 2 aromatic rings. The van der Waals surface area contributed by atoms with E-state index in [2.05, 4.69) is 4.98 Å². The van der Waals surface area contributed by atoms with Crippen molar-refractivity contribution in [2.45, 2.75) is 25.4 Å². The van der Waals surface area contributed by atoms with E-state index in [1.165, 1.54) is 6.07 Å². The highest BCUT2D eigenvalue weighted by molar-refractivity contribution is 6.04. The number of benzene rings is 1. The number of nitrogens with one attached hydrogen (secondary N) is 1. The van der Waals surface area contributed by atoms with Crippen LogP contribution in [0.5, 0.6) is 0 Å². The highest BCUT2D eigenvalue weighted by Gasteiger charge is 2.34. The third kappa shape index (κ3) is 1.54. The minimum absolute atomic E-state index is 0.0326. The number of aromatic amines is 1. The van der Waals surface area contributed by atoms with E-state index in [1.807, 2.05) is 0 Å². The molecular weight excluding hydrogens is 243 g/mol. The highest BCUT2D eigenvalue weighted by atomic mass is 19.4. The fourth-order valence-electron chi connectivity index (χ4n) is 2.56. The van der Waals surface area contributed by atoms with Gasteiger partial charge in [0.2, 0.25) is 0 Å². The van der Waals surface area contributed by atoms with Crippen LogP contribution >= 0.6 is 0 Å². The number of Topliss-reactive ketones (excluding diaryl/α,β-unsaturated/α-hetero) is 1. The minimum Gasteiger partial charge on any atom is -0.351 e. The van der Waals surface area contributed by atoms with Crippen molar-refractivity contribution in [1.82, 2.24) is 4.98 Å². The van der Waals surface area contributed by atoms with Crippen LogP contribution in [0.15, 0.2) is 18.2 Å². The van der Waals surface area contributed by atoms with Crippen molar-refractivity contribution >= 4 is 16.7 Å². The maximum atomic E-state index is 12.9. The average molecular weight is 253 g/mol. The molecule has 0 saturated heterocycles. The maximum Gasteiger partial charge on any atom is 0.418 e. The van der Waals surface area contributed by atoms with Gasteiger partial charge in [-0.15, -0.1) is 0 Å². The molecule has 0 atom stereocenters. The molecule has 0 spiro atoms. The van der Waals surface area contributed by atoms with Crippen LogP contribution in [-0.4, -0.2) is 10.8 Å². The van der Waals surface area contributed by atoms with E-state index in [-0.39, 0.29) is 11.3 Å². The summed E-state index contributed by atoms with van der Waals surface area (Å²) in [4.78, 5) is 14.4. The van der Waals surface area contributed by atoms with Crippen LogP contribution in [-0.2, 0) is 12.6 Å². The van der Waals surface area contributed by atoms with Crippen LogP contribution in [0.1, 0.15) is 34.5 Å². The van der Waals surface area contributed by atoms with E-state index in [4.69, 9.17) is 0 Å². The molecule has 1 aliphatic carbocycles. The first-order valence-electron chi connectivity index (χ1n) is 5.72. The Balaban J connectivity index is 2.34. The van der Waals surface area contributed by atoms with Gasteiger partial charge in [-0.1, -0.05) is 12.1 Å². The largest absolute Gasteiger partial charge is 0.418 e. The van der Waals surface area contributed by atoms with Crippen LogP contribution in [0.4, 0.5) is 13.2 Å². The zero-order valence-corrected chi connectivity index (χ0v) is 9.40. The lowest BCUT2D eigenvalue weighted by atomic mass is 9.94. The Bertz CT molecular complexity index is 639. The van der Waals surface area contributed by atoms with Crippen LogP contribution < -0.4 is 0 Å². The van der Waals surface area contributed by atoms with Gasteiger partial charge in [-0.2, -0.15) is 13.2 Å². The van der Waals surface area contributed by atoms with Gasteiger partial charge in [0.25, 0.3) is 0 Å². The number of aryl methyl sites for hydroxylation is 1. The summed E-state index contributed by atoms with van der Waals surface area (Å²) in [6.07, 6.45) is -2.64. The van der Waals surface area contributed by atoms with Gasteiger partial charge in [0.15, 0.2) is 5.78 Å². The fourth-order valence-corrected chi connectivity index (χ4v) is 2.56. The summed E-state index contributed by atoms with van der Waals surface area (Å²) in [5, 5.41) is 0.521. The Labute approximate surface area is 101 Å². The van der Waals surface area contributed by atoms with Gasteiger partial charge in [-0.25, -0.2) is 0 Å². The number of halogens is 3. The number of carbonyl (C=O) groups is 1. The second-order valence-corrected chi connectivity index (χ2v) is 4.48. The van der Waals surface area contributed by atoms with Gasteiger partial charge in [0.1, 0.15) is 0 Å². The van der Waals surface area contributed by atoms with Crippen molar-refractivity contribution < 1.29 is 18.0 Å². The average Bonchev–Trinajstić information content (AvgIpc) is 2.68. The third-order valence-electron chi connectivity index (χ3n) is 3.36. The Hall–Kier alpha value is -1.78. The second-order valence-electron chi connectivity index (χ2n) is 4.48. The van der Waals surface area contributed by atoms with E-state index >= 15 is 0 Å². The smallest absolute Gasteiger partial charge is 0.351 e. The lowest BCUT2D eigenvalue weighted by molar-refractivity contribution is -0.136. The molecule has 0 saturated carbocycles. The quantitative estimate of drug-likeness (QED) is 0.762. The predicted octanol–water partition coefficient (Wildman–Crippen LogP) is 3.71. The minimum atomic E-state index is -4.41. The maximum absolute atomic E-state index is 12.9. The van der Waals surface area contributed by atoms with E-state index in [0.29, 0.717) is 30.3 Å². The number of ketones is 1. The number of hydrogen-bond donors (Lipinski definition) is 1. The summed E-state index contributed by atoms with van der Waals surface area (Å²) in [5.41, 5.74) is 0.410. The molecule has 0 fully saturated rings. The zero-order valence-electron chi connectivity index (χ0n) is 9.40. The molecule has 1 aromatic heterocycles. The summed E-state index contributed by atoms with van der Waals surface area (Å²) >= 11 is 0. The molecule has 1 aromatic carbocycles. The highest BCUT2D eigenvalue weighted by Crippen LogP contribution is 2.37. The third-order valence-corrected chi connectivity index (χ3v) is 3.36. The Morgan fingerprint density at radius 1 is 1.17 bits per heavy atom. The summed E-state index contributed by atoms with van der Waals surface area (Å²) in [7, 11) is 0. The van der Waals surface area contributed by atoms with Gasteiger partial charge in [0, 0.05) is 11.8 Å². The summed E-state index contributed by atoms with van der Waals surface area (Å²) in [6.45, 7) is 0. The van der Waals surface area contributed by atoms with Crippen LogP contribution in [0.2, 0.25) is 0 Å². The SMILES string of the molecule is O=C1CCCc2c1[nH]c1c(C(F)(F)F)cccc21. The number of fused-ring (bicyclic) bond motifs is 3. The molecule has 0 radical (unpaired) electrons. The topological polar surface area (TPSA) is 32.9 Å². The number of hydrogen-bond acceptors (Lipinski definition) is 1. The van der Waals surface area contributed by atoms with Crippen molar-refractivity contribution in [1.29, 1.82) is 0 Å². The molecule has 18 heavy (non-hydrogen) atoms. The van der Waals surface area contributed by atoms with Crippen LogP contribution in [0.3, 0.4) is 0 Å². The molecule has 5 heteroatoms. The molecule has 3 rings (SSSR count). The molecule has 0 amide bonds. The predicted molar refractivity (Wildman–Crippen MR) is 60.6 cm³/mol. The van der Waals surface area contributed by atoms with E-state index in [1.54, 1.807) is 6.07 Å². The van der Waals surface area contributed by atoms with Gasteiger partial charge < -0.3 is 4.98 Å². The summed E-state index contributed by atoms with van der Waals surface area (Å²) in [5.74, 6) is -0.0967. The van der Waals surface area contributed by atoms with Crippen LogP contribution in [0.25, 0.3) is 10.9 Å². The van der Waals surface area contributed by atoms with Crippen molar-refractivity contribution in [2.24, 2.45) is 0 Å². The summed E-state index contributed by atoms with van der Waals surface area (Å²) < 4.78 is 38.6. The normalized spacial score (nSPS) is 16.1. The van der Waals surface area contributed by atoms with Gasteiger partial charge >= 0.3 is 6.18 Å². The summed E-state index contributed by atoms with van der Waals surface area (Å²) in [6, 6.07) is 4.06. The number of aromatic nitrogens is 1. The van der Waals surface area contributed by atoms with Gasteiger partial charge in [-0.05, 0) is 24.5 Å². The Morgan fingerprint density at radius 2 is 1.94 bits per heavy atom. The monoisotopic (exact) mass is 253 g/mol. The first-order valence-corrected chi connectivity index (χ1v) is 5.72. The first kappa shape index (κ1) is 11.3. The molecule has 0 aliphatic heterocycles. The van der Waals surface area contributed by atoms with E-state index in [9.17, 15) is 18.0 Å². The van der Waals surface area contributed by atoms with Gasteiger partial charge in [-0.3, -0.25) is 4.79 Å². The second kappa shape index (κ2) is 3.60. The molecule has 1 N–H and O–H groups in total. The standard InChI is InChI=1S/C13H10F3NO/c14-13(15,16)9-5-1-3-7-8-4-2-6-10(18)12(8)17-11(7)9/h1,3,5,17H,2,4,6H2. The van der Waals surface area contributed by atoms with Crippen molar-refractivity contribution in [3.8, 4) is 0 Å². The number of rotatable bonds is 0. The molecule has 0 bridgehead atoms. The Morgan fingerprint density at radius 3 is 2.67 bits per heavy atom. The number of para-hydroxylation sites is 1. The zero-order chi connectivity index (χ0) is 12.9. The molecule has 94 valence electrons. The number of carbonyl (C=O) groups excluding carboxylic acids is 1. The number of alkyl halides is 3. The lowest BCUT2D eigenvalue weighted by Gasteiger charge is -2.09. The molecule has 0 unspecified atom stereocenters. The van der Waals surface area contributed by atoms with E-state index < -0.39 is 11.7 Å². The first-order chi connectivity index (χ1) is 8.48.